The van der Waals surface area contributed by atoms with Crippen molar-refractivity contribution in [3.8, 4) is 0 Å². The number of hydrogen-bond acceptors (Lipinski definition) is 3. The third-order valence-electron chi connectivity index (χ3n) is 1.42. The average molecular weight is 145 g/mol. The van der Waals surface area contributed by atoms with Gasteiger partial charge in [-0.05, 0) is 0 Å². The molecule has 0 aromatic carbocycles. The molecule has 0 aromatic rings. The van der Waals surface area contributed by atoms with E-state index in [9.17, 15) is 4.79 Å². The van der Waals surface area contributed by atoms with Crippen LogP contribution in [0.15, 0.2) is 0 Å². The molecule has 0 spiro atoms. The Morgan fingerprint density at radius 3 is 3.10 bits per heavy atom. The van der Waals surface area contributed by atoms with Crippen LogP contribution >= 0.6 is 0 Å². The van der Waals surface area contributed by atoms with Crippen LogP contribution in [0.1, 0.15) is 0 Å². The van der Waals surface area contributed by atoms with Crippen LogP contribution in [0, 0.1) is 0 Å². The van der Waals surface area contributed by atoms with E-state index in [-0.39, 0.29) is 6.03 Å². The zero-order valence-electron chi connectivity index (χ0n) is 5.67. The van der Waals surface area contributed by atoms with Crippen LogP contribution in [-0.4, -0.2) is 37.2 Å². The number of urea groups is 1. The van der Waals surface area contributed by atoms with Gasteiger partial charge in [0.05, 0.1) is 6.61 Å². The molecular weight excluding hydrogens is 134 g/mol. The number of amides is 2. The van der Waals surface area contributed by atoms with Gasteiger partial charge in [0.2, 0.25) is 0 Å². The molecule has 0 aliphatic carbocycles. The van der Waals surface area contributed by atoms with Crippen LogP contribution in [0.5, 0.6) is 0 Å². The van der Waals surface area contributed by atoms with Crippen molar-refractivity contribution in [3.63, 3.8) is 0 Å². The topological polar surface area (TPSA) is 67.6 Å². The van der Waals surface area contributed by atoms with E-state index in [1.54, 1.807) is 4.90 Å². The van der Waals surface area contributed by atoms with Crippen LogP contribution in [0.2, 0.25) is 0 Å². The predicted octanol–water partition coefficient (Wildman–Crippen LogP) is -1.10. The number of rotatable bonds is 3. The first-order valence-electron chi connectivity index (χ1n) is 3.19. The molecule has 1 rings (SSSR count). The van der Waals surface area contributed by atoms with Crippen LogP contribution in [0.4, 0.5) is 4.79 Å². The molecule has 0 radical (unpaired) electrons. The average Bonchev–Trinajstić information content (AvgIpc) is 2.31. The highest BCUT2D eigenvalue weighted by atomic mass is 16.6. The summed E-state index contributed by atoms with van der Waals surface area (Å²) < 4.78 is 0. The number of nitrogens with two attached hydrogens (primary N) is 1. The second kappa shape index (κ2) is 3.38. The van der Waals surface area contributed by atoms with E-state index in [4.69, 9.17) is 5.90 Å². The molecule has 2 amide bonds. The number of nitrogens with zero attached hydrogens (tertiary/aromatic N) is 1. The van der Waals surface area contributed by atoms with Gasteiger partial charge in [-0.2, -0.15) is 0 Å². The molecule has 0 saturated carbocycles. The minimum atomic E-state index is -0.0305. The summed E-state index contributed by atoms with van der Waals surface area (Å²) in [7, 11) is 0. The summed E-state index contributed by atoms with van der Waals surface area (Å²) in [5.74, 6) is 4.79. The van der Waals surface area contributed by atoms with Crippen LogP contribution < -0.4 is 11.2 Å². The van der Waals surface area contributed by atoms with Crippen LogP contribution in [-0.2, 0) is 4.84 Å². The summed E-state index contributed by atoms with van der Waals surface area (Å²) >= 11 is 0. The van der Waals surface area contributed by atoms with E-state index >= 15 is 0 Å². The monoisotopic (exact) mass is 145 g/mol. The van der Waals surface area contributed by atoms with E-state index in [0.29, 0.717) is 13.2 Å². The minimum absolute atomic E-state index is 0.0305. The highest BCUT2D eigenvalue weighted by Gasteiger charge is 2.17. The van der Waals surface area contributed by atoms with Crippen molar-refractivity contribution in [1.29, 1.82) is 0 Å². The fourth-order valence-corrected chi connectivity index (χ4v) is 0.887. The first kappa shape index (κ1) is 7.30. The molecule has 1 heterocycles. The molecule has 0 bridgehead atoms. The standard InChI is InChI=1S/C5H11N3O2/c6-10-4-3-8-2-1-7-5(8)9/h1-4,6H2,(H,7,9). The molecule has 10 heavy (non-hydrogen) atoms. The van der Waals surface area contributed by atoms with Gasteiger partial charge >= 0.3 is 6.03 Å². The van der Waals surface area contributed by atoms with Gasteiger partial charge in [-0.1, -0.05) is 0 Å². The van der Waals surface area contributed by atoms with Gasteiger partial charge in [-0.3, -0.25) is 0 Å². The van der Waals surface area contributed by atoms with Gasteiger partial charge in [0.1, 0.15) is 0 Å². The second-order valence-electron chi connectivity index (χ2n) is 2.09. The van der Waals surface area contributed by atoms with Gasteiger partial charge in [-0.25, -0.2) is 10.7 Å². The van der Waals surface area contributed by atoms with Crippen molar-refractivity contribution in [2.45, 2.75) is 0 Å². The Balaban J connectivity index is 2.20. The lowest BCUT2D eigenvalue weighted by molar-refractivity contribution is 0.118. The molecule has 5 nitrogen and oxygen atoms in total. The highest BCUT2D eigenvalue weighted by Crippen LogP contribution is 1.94. The summed E-state index contributed by atoms with van der Waals surface area (Å²) in [6, 6.07) is -0.0305. The molecule has 0 aromatic heterocycles. The number of carbonyl (C=O) groups excluding carboxylic acids is 1. The summed E-state index contributed by atoms with van der Waals surface area (Å²) in [6.07, 6.45) is 0. The number of nitrogens with one attached hydrogen (secondary N) is 1. The molecule has 0 atom stereocenters. The van der Waals surface area contributed by atoms with Crippen molar-refractivity contribution in [2.24, 2.45) is 5.90 Å². The van der Waals surface area contributed by atoms with Crippen molar-refractivity contribution in [1.82, 2.24) is 10.2 Å². The lowest BCUT2D eigenvalue weighted by Crippen LogP contribution is -2.31. The quantitative estimate of drug-likeness (QED) is 0.495. The first-order chi connectivity index (χ1) is 4.84. The molecule has 0 unspecified atom stereocenters. The smallest absolute Gasteiger partial charge is 0.317 e. The zero-order valence-corrected chi connectivity index (χ0v) is 5.67. The Morgan fingerprint density at radius 1 is 1.80 bits per heavy atom. The summed E-state index contributed by atoms with van der Waals surface area (Å²) in [4.78, 5) is 16.8. The Morgan fingerprint density at radius 2 is 2.60 bits per heavy atom. The minimum Gasteiger partial charge on any atom is -0.336 e. The SMILES string of the molecule is NOCCN1CCNC1=O. The molecule has 1 saturated heterocycles. The number of carbonyl (C=O) groups is 1. The maximum Gasteiger partial charge on any atom is 0.317 e. The maximum absolute atomic E-state index is 10.8. The third-order valence-corrected chi connectivity index (χ3v) is 1.42. The lowest BCUT2D eigenvalue weighted by atomic mass is 10.5. The zero-order chi connectivity index (χ0) is 7.40. The molecule has 1 aliphatic heterocycles. The van der Waals surface area contributed by atoms with Crippen molar-refractivity contribution < 1.29 is 9.63 Å². The first-order valence-corrected chi connectivity index (χ1v) is 3.19. The van der Waals surface area contributed by atoms with Gasteiger partial charge in [0, 0.05) is 19.6 Å². The van der Waals surface area contributed by atoms with Gasteiger partial charge in [-0.15, -0.1) is 0 Å². The molecule has 1 aliphatic rings. The largest absolute Gasteiger partial charge is 0.336 e. The second-order valence-corrected chi connectivity index (χ2v) is 2.09. The Hall–Kier alpha value is -0.810. The van der Waals surface area contributed by atoms with Crippen molar-refractivity contribution >= 4 is 6.03 Å². The van der Waals surface area contributed by atoms with Crippen LogP contribution in [0.25, 0.3) is 0 Å². The lowest BCUT2D eigenvalue weighted by Gasteiger charge is -2.11. The third kappa shape index (κ3) is 1.58. The summed E-state index contributed by atoms with van der Waals surface area (Å²) in [5, 5.41) is 2.67. The van der Waals surface area contributed by atoms with Crippen LogP contribution in [0.3, 0.4) is 0 Å². The molecule has 58 valence electrons. The van der Waals surface area contributed by atoms with Crippen molar-refractivity contribution in [2.75, 3.05) is 26.2 Å². The molecule has 1 fully saturated rings. The van der Waals surface area contributed by atoms with Crippen molar-refractivity contribution in [3.05, 3.63) is 0 Å². The predicted molar refractivity (Wildman–Crippen MR) is 35.1 cm³/mol. The van der Waals surface area contributed by atoms with E-state index in [2.05, 4.69) is 10.2 Å². The number of hydrogen-bond donors (Lipinski definition) is 2. The highest BCUT2D eigenvalue weighted by molar-refractivity contribution is 5.76. The Bertz CT molecular complexity index is 128. The normalized spacial score (nSPS) is 17.7. The Labute approximate surface area is 59.1 Å². The van der Waals surface area contributed by atoms with E-state index in [0.717, 1.165) is 13.1 Å². The molecular formula is C5H11N3O2. The van der Waals surface area contributed by atoms with Gasteiger partial charge < -0.3 is 15.1 Å². The molecule has 5 heteroatoms. The maximum atomic E-state index is 10.8. The van der Waals surface area contributed by atoms with Gasteiger partial charge in [0.15, 0.2) is 0 Å². The Kier molecular flexibility index (Phi) is 2.47. The fraction of sp³-hybridized carbons (Fsp3) is 0.800. The van der Waals surface area contributed by atoms with E-state index < -0.39 is 0 Å². The summed E-state index contributed by atoms with van der Waals surface area (Å²) in [5.41, 5.74) is 0. The van der Waals surface area contributed by atoms with E-state index in [1.807, 2.05) is 0 Å². The fourth-order valence-electron chi connectivity index (χ4n) is 0.887. The van der Waals surface area contributed by atoms with E-state index in [1.165, 1.54) is 0 Å². The van der Waals surface area contributed by atoms with Gasteiger partial charge in [0.25, 0.3) is 0 Å². The molecule has 3 N–H and O–H groups in total. The summed E-state index contributed by atoms with van der Waals surface area (Å²) in [6.45, 7) is 2.45.